The lowest BCUT2D eigenvalue weighted by Crippen LogP contribution is -2.02. The van der Waals surface area contributed by atoms with Crippen molar-refractivity contribution in [3.8, 4) is 0 Å². The topological polar surface area (TPSA) is 43.1 Å². The maximum atomic E-state index is 12.5. The molecule has 0 saturated carbocycles. The van der Waals surface area contributed by atoms with Gasteiger partial charge in [0.2, 0.25) is 0 Å². The number of hydrogen-bond acceptors (Lipinski definition) is 2. The summed E-state index contributed by atoms with van der Waals surface area (Å²) in [5.74, 6) is 0. The van der Waals surface area contributed by atoms with E-state index in [0.717, 1.165) is 5.56 Å². The molecule has 0 saturated heterocycles. The van der Waals surface area contributed by atoms with E-state index in [1.165, 1.54) is 30.3 Å². The van der Waals surface area contributed by atoms with Crippen molar-refractivity contribution in [3.63, 3.8) is 0 Å². The summed E-state index contributed by atoms with van der Waals surface area (Å²) in [5.41, 5.74) is 1.27. The van der Waals surface area contributed by atoms with Crippen molar-refractivity contribution in [3.05, 3.63) is 87.1 Å². The van der Waals surface area contributed by atoms with Crippen molar-refractivity contribution in [2.45, 2.75) is 12.8 Å². The predicted octanol–water partition coefficient (Wildman–Crippen LogP) is 4.48. The third-order valence-corrected chi connectivity index (χ3v) is 2.98. The van der Waals surface area contributed by atoms with E-state index >= 15 is 0 Å². The summed E-state index contributed by atoms with van der Waals surface area (Å²) in [6.07, 6.45) is -0.950. The standard InChI is InChI=1S/C16H13F2NO2/c17-16(18)14-8-6-13(7-9-14)11-15(19(20)21)10-12-4-2-1-3-5-12/h1-9,11,16H,10H2/b15-11+. The van der Waals surface area contributed by atoms with Gasteiger partial charge in [-0.25, -0.2) is 8.78 Å². The monoisotopic (exact) mass is 289 g/mol. The van der Waals surface area contributed by atoms with Crippen LogP contribution in [0.25, 0.3) is 6.08 Å². The molecule has 21 heavy (non-hydrogen) atoms. The van der Waals surface area contributed by atoms with Gasteiger partial charge >= 0.3 is 0 Å². The second-order valence-corrected chi connectivity index (χ2v) is 4.52. The minimum Gasteiger partial charge on any atom is -0.259 e. The number of rotatable bonds is 5. The lowest BCUT2D eigenvalue weighted by molar-refractivity contribution is -0.425. The van der Waals surface area contributed by atoms with Gasteiger partial charge in [0.15, 0.2) is 0 Å². The van der Waals surface area contributed by atoms with Gasteiger partial charge in [0.1, 0.15) is 0 Å². The van der Waals surface area contributed by atoms with E-state index in [1.54, 1.807) is 12.1 Å². The fourth-order valence-electron chi connectivity index (χ4n) is 1.90. The molecule has 5 heteroatoms. The van der Waals surface area contributed by atoms with Crippen molar-refractivity contribution >= 4 is 6.08 Å². The van der Waals surface area contributed by atoms with Crippen LogP contribution in [0.5, 0.6) is 0 Å². The third kappa shape index (κ3) is 4.21. The summed E-state index contributed by atoms with van der Waals surface area (Å²) in [6, 6.07) is 14.5. The molecule has 0 N–H and O–H groups in total. The molecule has 0 bridgehead atoms. The number of nitrogens with zero attached hydrogens (tertiary/aromatic N) is 1. The molecule has 0 heterocycles. The molecule has 0 aliphatic rings. The lowest BCUT2D eigenvalue weighted by Gasteiger charge is -2.02. The minimum absolute atomic E-state index is 0.0194. The maximum absolute atomic E-state index is 12.5. The molecule has 0 unspecified atom stereocenters. The van der Waals surface area contributed by atoms with Crippen LogP contribution in [0.4, 0.5) is 8.78 Å². The van der Waals surface area contributed by atoms with E-state index in [4.69, 9.17) is 0 Å². The molecule has 0 spiro atoms. The number of hydrogen-bond donors (Lipinski definition) is 0. The Morgan fingerprint density at radius 3 is 2.24 bits per heavy atom. The molecule has 0 radical (unpaired) electrons. The van der Waals surface area contributed by atoms with Crippen LogP contribution in [0.3, 0.4) is 0 Å². The quantitative estimate of drug-likeness (QED) is 0.601. The Labute approximate surface area is 120 Å². The summed E-state index contributed by atoms with van der Waals surface area (Å²) < 4.78 is 24.9. The maximum Gasteiger partial charge on any atom is 0.263 e. The smallest absolute Gasteiger partial charge is 0.259 e. The highest BCUT2D eigenvalue weighted by Gasteiger charge is 2.12. The van der Waals surface area contributed by atoms with Crippen LogP contribution in [0.2, 0.25) is 0 Å². The zero-order valence-electron chi connectivity index (χ0n) is 11.1. The zero-order chi connectivity index (χ0) is 15.2. The van der Waals surface area contributed by atoms with Gasteiger partial charge in [0.25, 0.3) is 12.1 Å². The first-order valence-corrected chi connectivity index (χ1v) is 6.33. The highest BCUT2D eigenvalue weighted by molar-refractivity contribution is 5.52. The molecule has 2 aromatic rings. The first kappa shape index (κ1) is 14.8. The second-order valence-electron chi connectivity index (χ2n) is 4.52. The van der Waals surface area contributed by atoms with Crippen molar-refractivity contribution in [1.29, 1.82) is 0 Å². The van der Waals surface area contributed by atoms with Crippen molar-refractivity contribution in [1.82, 2.24) is 0 Å². The molecule has 108 valence electrons. The molecular formula is C16H13F2NO2. The molecule has 0 aliphatic carbocycles. The van der Waals surface area contributed by atoms with Crippen molar-refractivity contribution in [2.24, 2.45) is 0 Å². The summed E-state index contributed by atoms with van der Waals surface area (Å²) in [4.78, 5) is 10.7. The van der Waals surface area contributed by atoms with Crippen LogP contribution < -0.4 is 0 Å². The Bertz CT molecular complexity index is 637. The third-order valence-electron chi connectivity index (χ3n) is 2.98. The number of benzene rings is 2. The minimum atomic E-state index is -2.54. The summed E-state index contributed by atoms with van der Waals surface area (Å²) in [7, 11) is 0. The number of halogens is 2. The molecule has 3 nitrogen and oxygen atoms in total. The summed E-state index contributed by atoms with van der Waals surface area (Å²) >= 11 is 0. The van der Waals surface area contributed by atoms with Gasteiger partial charge in [0, 0.05) is 11.6 Å². The first-order valence-electron chi connectivity index (χ1n) is 6.33. The van der Waals surface area contributed by atoms with E-state index in [2.05, 4.69) is 0 Å². The highest BCUT2D eigenvalue weighted by Crippen LogP contribution is 2.20. The zero-order valence-corrected chi connectivity index (χ0v) is 11.1. The van der Waals surface area contributed by atoms with E-state index in [0.29, 0.717) is 5.56 Å². The first-order chi connectivity index (χ1) is 10.1. The molecular weight excluding hydrogens is 276 g/mol. The SMILES string of the molecule is O=[N+]([O-])/C(=C/c1ccc(C(F)F)cc1)Cc1ccccc1. The van der Waals surface area contributed by atoms with Crippen LogP contribution in [0.15, 0.2) is 60.3 Å². The Hall–Kier alpha value is -2.56. The fourth-order valence-corrected chi connectivity index (χ4v) is 1.90. The average Bonchev–Trinajstić information content (AvgIpc) is 2.48. The van der Waals surface area contributed by atoms with Crippen LogP contribution in [0.1, 0.15) is 23.1 Å². The number of nitro groups is 1. The Morgan fingerprint density at radius 1 is 1.10 bits per heavy atom. The molecule has 0 fully saturated rings. The van der Waals surface area contributed by atoms with Crippen LogP contribution in [-0.4, -0.2) is 4.92 Å². The van der Waals surface area contributed by atoms with Crippen molar-refractivity contribution in [2.75, 3.05) is 0 Å². The van der Waals surface area contributed by atoms with Gasteiger partial charge in [-0.2, -0.15) is 0 Å². The number of alkyl halides is 2. The van der Waals surface area contributed by atoms with Gasteiger partial charge in [-0.3, -0.25) is 10.1 Å². The Morgan fingerprint density at radius 2 is 1.71 bits per heavy atom. The number of allylic oxidation sites excluding steroid dienone is 1. The van der Waals surface area contributed by atoms with Crippen LogP contribution in [-0.2, 0) is 6.42 Å². The van der Waals surface area contributed by atoms with Gasteiger partial charge in [-0.05, 0) is 11.1 Å². The predicted molar refractivity (Wildman–Crippen MR) is 76.5 cm³/mol. The average molecular weight is 289 g/mol. The lowest BCUT2D eigenvalue weighted by atomic mass is 10.1. The van der Waals surface area contributed by atoms with Gasteiger partial charge < -0.3 is 0 Å². The normalized spacial score (nSPS) is 11.7. The fraction of sp³-hybridized carbons (Fsp3) is 0.125. The Balaban J connectivity index is 2.23. The van der Waals surface area contributed by atoms with Crippen LogP contribution >= 0.6 is 0 Å². The van der Waals surface area contributed by atoms with Gasteiger partial charge in [-0.15, -0.1) is 0 Å². The second kappa shape index (κ2) is 6.74. The molecule has 0 atom stereocenters. The van der Waals surface area contributed by atoms with E-state index in [1.807, 2.05) is 18.2 Å². The van der Waals surface area contributed by atoms with Crippen LogP contribution in [0, 0.1) is 10.1 Å². The van der Waals surface area contributed by atoms with Gasteiger partial charge in [-0.1, -0.05) is 54.6 Å². The van der Waals surface area contributed by atoms with Crippen molar-refractivity contribution < 1.29 is 13.7 Å². The Kier molecular flexibility index (Phi) is 4.77. The summed E-state index contributed by atoms with van der Waals surface area (Å²) in [5, 5.41) is 11.1. The molecule has 0 aliphatic heterocycles. The van der Waals surface area contributed by atoms with E-state index < -0.39 is 11.3 Å². The van der Waals surface area contributed by atoms with E-state index in [9.17, 15) is 18.9 Å². The van der Waals surface area contributed by atoms with Gasteiger partial charge in [0.05, 0.1) is 11.3 Å². The molecule has 0 aromatic heterocycles. The van der Waals surface area contributed by atoms with E-state index in [-0.39, 0.29) is 17.7 Å². The molecule has 0 amide bonds. The highest BCUT2D eigenvalue weighted by atomic mass is 19.3. The molecule has 2 aromatic carbocycles. The largest absolute Gasteiger partial charge is 0.263 e. The molecule has 2 rings (SSSR count). The summed E-state index contributed by atoms with van der Waals surface area (Å²) in [6.45, 7) is 0.